The third-order valence-corrected chi connectivity index (χ3v) is 4.23. The number of hydrogen-bond acceptors (Lipinski definition) is 2. The van der Waals surface area contributed by atoms with Gasteiger partial charge in [-0.2, -0.15) is 0 Å². The van der Waals surface area contributed by atoms with Crippen molar-refractivity contribution in [3.63, 3.8) is 0 Å². The second-order valence-electron chi connectivity index (χ2n) is 6.03. The Morgan fingerprint density at radius 2 is 1.16 bits per heavy atom. The molecule has 0 rings (SSSR count). The van der Waals surface area contributed by atoms with Gasteiger partial charge < -0.3 is 4.48 Å². The molecule has 0 saturated carbocycles. The number of hydrogen-bond donors (Lipinski definition) is 0. The smallest absolute Gasteiger partial charge is 0.177 e. The molecule has 0 aliphatic heterocycles. The maximum absolute atomic E-state index is 11.4. The van der Waals surface area contributed by atoms with E-state index in [1.54, 1.807) is 0 Å². The van der Waals surface area contributed by atoms with Crippen LogP contribution in [-0.4, -0.2) is 43.2 Å². The van der Waals surface area contributed by atoms with Crippen LogP contribution in [0.25, 0.3) is 0 Å². The predicted octanol–water partition coefficient (Wildman–Crippen LogP) is 3.36. The maximum Gasteiger partial charge on any atom is 0.177 e. The van der Waals surface area contributed by atoms with E-state index in [0.717, 1.165) is 63.9 Å². The number of unbranched alkanes of at least 4 members (excludes halogenated alkanes) is 4. The zero-order valence-corrected chi connectivity index (χ0v) is 13.2. The first-order valence-electron chi connectivity index (χ1n) is 7.78. The minimum Gasteiger partial charge on any atom is -0.312 e. The standard InChI is InChI=1S/C16H32NO2/c1-5-7-9-11-15(13-18)17(3,4)16(14-19)12-10-8-6-2/h13-16H,5-12H2,1-4H3/q+1. The summed E-state index contributed by atoms with van der Waals surface area (Å²) >= 11 is 0. The van der Waals surface area contributed by atoms with E-state index in [0.29, 0.717) is 4.48 Å². The highest BCUT2D eigenvalue weighted by Gasteiger charge is 2.35. The lowest BCUT2D eigenvalue weighted by molar-refractivity contribution is -0.919. The summed E-state index contributed by atoms with van der Waals surface area (Å²) in [6.45, 7) is 4.32. The summed E-state index contributed by atoms with van der Waals surface area (Å²) < 4.78 is 0.514. The topological polar surface area (TPSA) is 34.1 Å². The fourth-order valence-electron chi connectivity index (χ4n) is 2.57. The molecule has 0 aromatic rings. The molecule has 0 radical (unpaired) electrons. The van der Waals surface area contributed by atoms with Gasteiger partial charge in [0.05, 0.1) is 14.1 Å². The first kappa shape index (κ1) is 18.3. The second-order valence-corrected chi connectivity index (χ2v) is 6.03. The van der Waals surface area contributed by atoms with Crippen molar-refractivity contribution in [2.75, 3.05) is 14.1 Å². The molecule has 3 nitrogen and oxygen atoms in total. The van der Waals surface area contributed by atoms with Crippen molar-refractivity contribution in [2.45, 2.75) is 77.3 Å². The van der Waals surface area contributed by atoms with E-state index < -0.39 is 0 Å². The summed E-state index contributed by atoms with van der Waals surface area (Å²) in [5.41, 5.74) is 0. The van der Waals surface area contributed by atoms with Gasteiger partial charge in [-0.1, -0.05) is 39.5 Å². The van der Waals surface area contributed by atoms with Crippen LogP contribution in [0.1, 0.15) is 65.2 Å². The second kappa shape index (κ2) is 10.1. The van der Waals surface area contributed by atoms with E-state index in [-0.39, 0.29) is 12.1 Å². The molecule has 0 aromatic carbocycles. The summed E-state index contributed by atoms with van der Waals surface area (Å²) in [5, 5.41) is 0. The monoisotopic (exact) mass is 270 g/mol. The number of nitrogens with zero attached hydrogens (tertiary/aromatic N) is 1. The van der Waals surface area contributed by atoms with E-state index in [9.17, 15) is 9.59 Å². The van der Waals surface area contributed by atoms with E-state index in [1.165, 1.54) is 0 Å². The lowest BCUT2D eigenvalue weighted by atomic mass is 10.0. The highest BCUT2D eigenvalue weighted by molar-refractivity contribution is 5.59. The minimum absolute atomic E-state index is 0.0524. The van der Waals surface area contributed by atoms with Gasteiger partial charge in [-0.15, -0.1) is 0 Å². The minimum atomic E-state index is -0.0524. The summed E-state index contributed by atoms with van der Waals surface area (Å²) in [5.74, 6) is 0. The molecular weight excluding hydrogens is 238 g/mol. The molecule has 0 fully saturated rings. The Balaban J connectivity index is 4.54. The average Bonchev–Trinajstić information content (AvgIpc) is 2.39. The van der Waals surface area contributed by atoms with Gasteiger partial charge in [-0.05, 0) is 12.8 Å². The number of aldehydes is 2. The number of likely N-dealkylation sites (N-methyl/N-ethyl adjacent to an activating group) is 1. The van der Waals surface area contributed by atoms with Crippen molar-refractivity contribution < 1.29 is 14.1 Å². The number of carbonyl (C=O) groups is 2. The van der Waals surface area contributed by atoms with Crippen molar-refractivity contribution >= 4 is 12.6 Å². The van der Waals surface area contributed by atoms with Crippen LogP contribution in [0.3, 0.4) is 0 Å². The van der Waals surface area contributed by atoms with Gasteiger partial charge in [0.15, 0.2) is 12.6 Å². The van der Waals surface area contributed by atoms with Gasteiger partial charge in [0.1, 0.15) is 12.1 Å². The Bertz CT molecular complexity index is 227. The molecule has 0 N–H and O–H groups in total. The van der Waals surface area contributed by atoms with Crippen molar-refractivity contribution in [1.29, 1.82) is 0 Å². The normalized spacial score (nSPS) is 14.9. The zero-order valence-electron chi connectivity index (χ0n) is 13.2. The molecule has 0 aliphatic rings. The lowest BCUT2D eigenvalue weighted by Crippen LogP contribution is -2.57. The Hall–Kier alpha value is -0.700. The summed E-state index contributed by atoms with van der Waals surface area (Å²) in [6, 6.07) is -0.105. The van der Waals surface area contributed by atoms with Crippen molar-refractivity contribution in [3.05, 3.63) is 0 Å². The molecule has 112 valence electrons. The molecule has 0 bridgehead atoms. The lowest BCUT2D eigenvalue weighted by Gasteiger charge is -2.39. The first-order valence-corrected chi connectivity index (χ1v) is 7.78. The van der Waals surface area contributed by atoms with E-state index in [2.05, 4.69) is 13.8 Å². The van der Waals surface area contributed by atoms with Crippen molar-refractivity contribution in [2.24, 2.45) is 0 Å². The van der Waals surface area contributed by atoms with Gasteiger partial charge in [0.2, 0.25) is 0 Å². The Kier molecular flexibility index (Phi) is 9.76. The van der Waals surface area contributed by atoms with Crippen LogP contribution >= 0.6 is 0 Å². The third kappa shape index (κ3) is 6.33. The maximum atomic E-state index is 11.4. The molecule has 0 heterocycles. The summed E-state index contributed by atoms with van der Waals surface area (Å²) in [4.78, 5) is 22.7. The molecule has 3 heteroatoms. The predicted molar refractivity (Wildman–Crippen MR) is 80.1 cm³/mol. The molecule has 19 heavy (non-hydrogen) atoms. The van der Waals surface area contributed by atoms with E-state index in [4.69, 9.17) is 0 Å². The van der Waals surface area contributed by atoms with Crippen LogP contribution < -0.4 is 0 Å². The van der Waals surface area contributed by atoms with Crippen LogP contribution in [0.15, 0.2) is 0 Å². The number of rotatable bonds is 12. The molecular formula is C16H32NO2+. The van der Waals surface area contributed by atoms with Crippen LogP contribution in [0.4, 0.5) is 0 Å². The first-order chi connectivity index (χ1) is 9.04. The largest absolute Gasteiger partial charge is 0.312 e. The van der Waals surface area contributed by atoms with Gasteiger partial charge in [0.25, 0.3) is 0 Å². The molecule has 0 saturated heterocycles. The fraction of sp³-hybridized carbons (Fsp3) is 0.875. The number of quaternary nitrogens is 1. The van der Waals surface area contributed by atoms with Crippen LogP contribution in [-0.2, 0) is 9.59 Å². The van der Waals surface area contributed by atoms with Gasteiger partial charge in [-0.25, -0.2) is 0 Å². The Labute approximate surface area is 119 Å². The number of carbonyl (C=O) groups excluding carboxylic acids is 2. The van der Waals surface area contributed by atoms with Gasteiger partial charge in [0, 0.05) is 12.8 Å². The van der Waals surface area contributed by atoms with Crippen molar-refractivity contribution in [3.8, 4) is 0 Å². The molecule has 0 aliphatic carbocycles. The van der Waals surface area contributed by atoms with E-state index >= 15 is 0 Å². The third-order valence-electron chi connectivity index (χ3n) is 4.23. The van der Waals surface area contributed by atoms with Gasteiger partial charge in [-0.3, -0.25) is 9.59 Å². The van der Waals surface area contributed by atoms with Crippen molar-refractivity contribution in [1.82, 2.24) is 0 Å². The molecule has 0 amide bonds. The summed E-state index contributed by atoms with van der Waals surface area (Å²) in [6.07, 6.45) is 10.7. The average molecular weight is 270 g/mol. The summed E-state index contributed by atoms with van der Waals surface area (Å²) in [7, 11) is 4.05. The molecule has 2 unspecified atom stereocenters. The zero-order chi connectivity index (χ0) is 14.7. The molecule has 0 spiro atoms. The quantitative estimate of drug-likeness (QED) is 0.309. The Morgan fingerprint density at radius 3 is 1.42 bits per heavy atom. The molecule has 2 atom stereocenters. The van der Waals surface area contributed by atoms with E-state index in [1.807, 2.05) is 14.1 Å². The van der Waals surface area contributed by atoms with Crippen LogP contribution in [0.5, 0.6) is 0 Å². The SMILES string of the molecule is CCCCCC(C=O)[N+](C)(C)C(C=O)CCCCC. The van der Waals surface area contributed by atoms with Crippen LogP contribution in [0, 0.1) is 0 Å². The van der Waals surface area contributed by atoms with Crippen LogP contribution in [0.2, 0.25) is 0 Å². The van der Waals surface area contributed by atoms with Gasteiger partial charge >= 0.3 is 0 Å². The Morgan fingerprint density at radius 1 is 0.789 bits per heavy atom. The highest BCUT2D eigenvalue weighted by atomic mass is 16.1. The molecule has 0 aromatic heterocycles. The fourth-order valence-corrected chi connectivity index (χ4v) is 2.57. The highest BCUT2D eigenvalue weighted by Crippen LogP contribution is 2.20.